The Hall–Kier alpha value is -0.860. The Morgan fingerprint density at radius 3 is 2.15 bits per heavy atom. The molecule has 13 heavy (non-hydrogen) atoms. The fourth-order valence-electron chi connectivity index (χ4n) is 1.07. The summed E-state index contributed by atoms with van der Waals surface area (Å²) in [4.78, 5) is 0. The molecule has 0 saturated carbocycles. The molecule has 0 aliphatic rings. The van der Waals surface area contributed by atoms with Crippen molar-refractivity contribution in [2.45, 2.75) is 33.2 Å². The summed E-state index contributed by atoms with van der Waals surface area (Å²) >= 11 is 0. The fraction of sp³-hybridized carbons (Fsp3) is 0.455. The Balaban J connectivity index is 2.66. The quantitative estimate of drug-likeness (QED) is 0.724. The maximum Gasteiger partial charge on any atom is 0.181 e. The van der Waals surface area contributed by atoms with Crippen molar-refractivity contribution in [2.75, 3.05) is 0 Å². The van der Waals surface area contributed by atoms with Gasteiger partial charge in [0.15, 0.2) is 6.29 Å². The second-order valence-electron chi connectivity index (χ2n) is 3.45. The second-order valence-corrected chi connectivity index (χ2v) is 3.45. The predicted octanol–water partition coefficient (Wildman–Crippen LogP) is 2.41. The van der Waals surface area contributed by atoms with Crippen LogP contribution in [0.25, 0.3) is 0 Å². The van der Waals surface area contributed by atoms with E-state index < -0.39 is 6.29 Å². The Morgan fingerprint density at radius 1 is 1.15 bits per heavy atom. The zero-order valence-corrected chi connectivity index (χ0v) is 8.32. The molecule has 1 rings (SSSR count). The highest BCUT2D eigenvalue weighted by atomic mass is 16.6. The minimum atomic E-state index is -0.805. The number of hydrogen-bond acceptors (Lipinski definition) is 2. The number of aliphatic hydroxyl groups is 1. The highest BCUT2D eigenvalue weighted by molar-refractivity contribution is 5.21. The number of aryl methyl sites for hydroxylation is 1. The third-order valence-corrected chi connectivity index (χ3v) is 1.76. The van der Waals surface area contributed by atoms with Crippen molar-refractivity contribution in [3.63, 3.8) is 0 Å². The van der Waals surface area contributed by atoms with Crippen molar-refractivity contribution >= 4 is 0 Å². The molecule has 2 heteroatoms. The molecule has 1 N–H and O–H groups in total. The third-order valence-electron chi connectivity index (χ3n) is 1.76. The van der Waals surface area contributed by atoms with Gasteiger partial charge in [0.25, 0.3) is 0 Å². The standard InChI is InChI=1S/C11H16O2/c1-8(2)13-11(12)10-6-4-9(3)5-7-10/h4-8,11-12H,1-3H3. The summed E-state index contributed by atoms with van der Waals surface area (Å²) in [5.41, 5.74) is 1.99. The lowest BCUT2D eigenvalue weighted by molar-refractivity contribution is -0.129. The van der Waals surface area contributed by atoms with E-state index in [-0.39, 0.29) is 6.10 Å². The Kier molecular flexibility index (Phi) is 3.46. The summed E-state index contributed by atoms with van der Waals surface area (Å²) in [7, 11) is 0. The first-order valence-electron chi connectivity index (χ1n) is 4.49. The topological polar surface area (TPSA) is 29.5 Å². The molecule has 2 nitrogen and oxygen atoms in total. The van der Waals surface area contributed by atoms with Crippen LogP contribution >= 0.6 is 0 Å². The van der Waals surface area contributed by atoms with Gasteiger partial charge in [-0.2, -0.15) is 0 Å². The zero-order chi connectivity index (χ0) is 9.84. The van der Waals surface area contributed by atoms with E-state index in [2.05, 4.69) is 0 Å². The zero-order valence-electron chi connectivity index (χ0n) is 8.32. The molecule has 1 unspecified atom stereocenters. The molecule has 1 aromatic carbocycles. The largest absolute Gasteiger partial charge is 0.364 e. The predicted molar refractivity (Wildman–Crippen MR) is 52.4 cm³/mol. The molecule has 1 aromatic rings. The van der Waals surface area contributed by atoms with Gasteiger partial charge in [0.2, 0.25) is 0 Å². The molecular weight excluding hydrogens is 164 g/mol. The molecule has 0 bridgehead atoms. The SMILES string of the molecule is Cc1ccc(C(O)OC(C)C)cc1. The Morgan fingerprint density at radius 2 is 1.69 bits per heavy atom. The minimum Gasteiger partial charge on any atom is -0.364 e. The van der Waals surface area contributed by atoms with Gasteiger partial charge < -0.3 is 9.84 Å². The number of rotatable bonds is 3. The molecule has 0 radical (unpaired) electrons. The lowest BCUT2D eigenvalue weighted by Gasteiger charge is -2.14. The van der Waals surface area contributed by atoms with Gasteiger partial charge in [0, 0.05) is 5.56 Å². The lowest BCUT2D eigenvalue weighted by atomic mass is 10.1. The van der Waals surface area contributed by atoms with Crippen LogP contribution in [0.2, 0.25) is 0 Å². The van der Waals surface area contributed by atoms with Crippen molar-refractivity contribution in [3.05, 3.63) is 35.4 Å². The van der Waals surface area contributed by atoms with Crippen LogP contribution in [0.4, 0.5) is 0 Å². The summed E-state index contributed by atoms with van der Waals surface area (Å²) in [5, 5.41) is 9.56. The first kappa shape index (κ1) is 10.2. The molecule has 0 aromatic heterocycles. The average molecular weight is 180 g/mol. The normalized spacial score (nSPS) is 13.3. The van der Waals surface area contributed by atoms with Crippen LogP contribution in [-0.2, 0) is 4.74 Å². The van der Waals surface area contributed by atoms with Gasteiger partial charge in [-0.05, 0) is 20.8 Å². The molecule has 0 aliphatic carbocycles. The first-order chi connectivity index (χ1) is 6.09. The average Bonchev–Trinajstić information content (AvgIpc) is 2.04. The third kappa shape index (κ3) is 3.17. The van der Waals surface area contributed by atoms with E-state index in [0.717, 1.165) is 5.56 Å². The molecule has 0 amide bonds. The van der Waals surface area contributed by atoms with Crippen LogP contribution < -0.4 is 0 Å². The highest BCUT2D eigenvalue weighted by Gasteiger charge is 2.08. The lowest BCUT2D eigenvalue weighted by Crippen LogP contribution is -2.09. The van der Waals surface area contributed by atoms with Gasteiger partial charge in [-0.15, -0.1) is 0 Å². The van der Waals surface area contributed by atoms with Gasteiger partial charge in [-0.1, -0.05) is 29.8 Å². The second kappa shape index (κ2) is 4.40. The molecule has 0 heterocycles. The van der Waals surface area contributed by atoms with E-state index in [1.165, 1.54) is 5.56 Å². The van der Waals surface area contributed by atoms with Crippen molar-refractivity contribution in [2.24, 2.45) is 0 Å². The maximum absolute atomic E-state index is 9.56. The number of benzene rings is 1. The van der Waals surface area contributed by atoms with Crippen molar-refractivity contribution in [1.29, 1.82) is 0 Å². The summed E-state index contributed by atoms with van der Waals surface area (Å²) in [6.07, 6.45) is -0.767. The van der Waals surface area contributed by atoms with Crippen molar-refractivity contribution < 1.29 is 9.84 Å². The summed E-state index contributed by atoms with van der Waals surface area (Å²) in [5.74, 6) is 0. The molecular formula is C11H16O2. The summed E-state index contributed by atoms with van der Waals surface area (Å²) in [6, 6.07) is 7.68. The molecule has 0 aliphatic heterocycles. The molecule has 72 valence electrons. The Labute approximate surface area is 79.2 Å². The van der Waals surface area contributed by atoms with Gasteiger partial charge in [-0.25, -0.2) is 0 Å². The van der Waals surface area contributed by atoms with E-state index in [9.17, 15) is 5.11 Å². The van der Waals surface area contributed by atoms with E-state index in [1.54, 1.807) is 0 Å². The van der Waals surface area contributed by atoms with Crippen LogP contribution in [-0.4, -0.2) is 11.2 Å². The van der Waals surface area contributed by atoms with E-state index in [0.29, 0.717) is 0 Å². The van der Waals surface area contributed by atoms with E-state index in [1.807, 2.05) is 45.0 Å². The van der Waals surface area contributed by atoms with Crippen LogP contribution in [0.5, 0.6) is 0 Å². The van der Waals surface area contributed by atoms with Crippen LogP contribution in [0.3, 0.4) is 0 Å². The summed E-state index contributed by atoms with van der Waals surface area (Å²) in [6.45, 7) is 5.81. The number of hydrogen-bond donors (Lipinski definition) is 1. The molecule has 0 spiro atoms. The van der Waals surface area contributed by atoms with E-state index in [4.69, 9.17) is 4.74 Å². The molecule has 0 fully saturated rings. The smallest absolute Gasteiger partial charge is 0.181 e. The fourth-order valence-corrected chi connectivity index (χ4v) is 1.07. The van der Waals surface area contributed by atoms with Gasteiger partial charge in [0.05, 0.1) is 6.10 Å². The van der Waals surface area contributed by atoms with Crippen molar-refractivity contribution in [3.8, 4) is 0 Å². The molecule has 1 atom stereocenters. The van der Waals surface area contributed by atoms with Crippen LogP contribution in [0.1, 0.15) is 31.3 Å². The van der Waals surface area contributed by atoms with Gasteiger partial charge in [-0.3, -0.25) is 0 Å². The van der Waals surface area contributed by atoms with Crippen LogP contribution in [0.15, 0.2) is 24.3 Å². The van der Waals surface area contributed by atoms with Crippen LogP contribution in [0, 0.1) is 6.92 Å². The number of aliphatic hydroxyl groups excluding tert-OH is 1. The molecule has 0 saturated heterocycles. The van der Waals surface area contributed by atoms with E-state index >= 15 is 0 Å². The van der Waals surface area contributed by atoms with Gasteiger partial charge in [0.1, 0.15) is 0 Å². The monoisotopic (exact) mass is 180 g/mol. The highest BCUT2D eigenvalue weighted by Crippen LogP contribution is 2.16. The van der Waals surface area contributed by atoms with Gasteiger partial charge >= 0.3 is 0 Å². The first-order valence-corrected chi connectivity index (χ1v) is 4.49. The van der Waals surface area contributed by atoms with Crippen molar-refractivity contribution in [1.82, 2.24) is 0 Å². The maximum atomic E-state index is 9.56. The number of ether oxygens (including phenoxy) is 1. The summed E-state index contributed by atoms with van der Waals surface area (Å²) < 4.78 is 5.23. The minimum absolute atomic E-state index is 0.0382. The Bertz CT molecular complexity index is 251.